The SMILES string of the molecule is CC(C)C(O)CNC(=O)C1CCCN1c1ncnc2sccc12. The van der Waals surface area contributed by atoms with Crippen LogP contribution in [0, 0.1) is 5.92 Å². The zero-order chi connectivity index (χ0) is 16.4. The van der Waals surface area contributed by atoms with Gasteiger partial charge in [0.2, 0.25) is 5.91 Å². The third-order valence-electron chi connectivity index (χ3n) is 4.32. The highest BCUT2D eigenvalue weighted by Gasteiger charge is 2.32. The number of thiophene rings is 1. The van der Waals surface area contributed by atoms with Crippen molar-refractivity contribution in [3.63, 3.8) is 0 Å². The molecule has 0 saturated carbocycles. The van der Waals surface area contributed by atoms with Gasteiger partial charge in [-0.05, 0) is 30.2 Å². The summed E-state index contributed by atoms with van der Waals surface area (Å²) in [4.78, 5) is 24.2. The second kappa shape index (κ2) is 6.80. The predicted molar refractivity (Wildman–Crippen MR) is 91.6 cm³/mol. The zero-order valence-corrected chi connectivity index (χ0v) is 14.2. The summed E-state index contributed by atoms with van der Waals surface area (Å²) in [6.45, 7) is 4.98. The number of carbonyl (C=O) groups excluding carboxylic acids is 1. The molecule has 0 spiro atoms. The van der Waals surface area contributed by atoms with Gasteiger partial charge in [-0.1, -0.05) is 13.8 Å². The predicted octanol–water partition coefficient (Wildman–Crippen LogP) is 1.79. The van der Waals surface area contributed by atoms with Crippen LogP contribution in [0.5, 0.6) is 0 Å². The third kappa shape index (κ3) is 3.30. The van der Waals surface area contributed by atoms with E-state index in [0.717, 1.165) is 35.4 Å². The maximum Gasteiger partial charge on any atom is 0.242 e. The number of nitrogens with one attached hydrogen (secondary N) is 1. The molecule has 1 aliphatic heterocycles. The van der Waals surface area contributed by atoms with Gasteiger partial charge in [0.1, 0.15) is 23.0 Å². The lowest BCUT2D eigenvalue weighted by molar-refractivity contribution is -0.122. The lowest BCUT2D eigenvalue weighted by Crippen LogP contribution is -2.46. The smallest absolute Gasteiger partial charge is 0.242 e. The van der Waals surface area contributed by atoms with Crippen molar-refractivity contribution in [1.29, 1.82) is 0 Å². The maximum absolute atomic E-state index is 12.5. The van der Waals surface area contributed by atoms with Crippen LogP contribution in [0.3, 0.4) is 0 Å². The fraction of sp³-hybridized carbons (Fsp3) is 0.562. The van der Waals surface area contributed by atoms with Crippen LogP contribution in [0.2, 0.25) is 0 Å². The molecule has 1 amide bonds. The number of hydrogen-bond acceptors (Lipinski definition) is 6. The highest BCUT2D eigenvalue weighted by atomic mass is 32.1. The van der Waals surface area contributed by atoms with Crippen LogP contribution in [0.1, 0.15) is 26.7 Å². The summed E-state index contributed by atoms with van der Waals surface area (Å²) >= 11 is 1.58. The summed E-state index contributed by atoms with van der Waals surface area (Å²) < 4.78 is 0. The lowest BCUT2D eigenvalue weighted by Gasteiger charge is -2.26. The molecule has 0 radical (unpaired) electrons. The minimum absolute atomic E-state index is 0.0378. The number of aromatic nitrogens is 2. The summed E-state index contributed by atoms with van der Waals surface area (Å²) in [5.74, 6) is 0.921. The number of anilines is 1. The first-order valence-corrected chi connectivity index (χ1v) is 8.86. The van der Waals surface area contributed by atoms with Crippen molar-refractivity contribution in [2.75, 3.05) is 18.0 Å². The second-order valence-electron chi connectivity index (χ2n) is 6.24. The molecule has 3 heterocycles. The molecule has 0 aromatic carbocycles. The average Bonchev–Trinajstić information content (AvgIpc) is 3.20. The van der Waals surface area contributed by atoms with Crippen molar-refractivity contribution in [2.45, 2.75) is 38.8 Å². The van der Waals surface area contributed by atoms with Crippen LogP contribution in [0.4, 0.5) is 5.82 Å². The molecule has 7 heteroatoms. The molecule has 2 unspecified atom stereocenters. The van der Waals surface area contributed by atoms with E-state index >= 15 is 0 Å². The van der Waals surface area contributed by atoms with Gasteiger partial charge >= 0.3 is 0 Å². The van der Waals surface area contributed by atoms with E-state index in [1.165, 1.54) is 0 Å². The van der Waals surface area contributed by atoms with Gasteiger partial charge in [0.25, 0.3) is 0 Å². The number of rotatable bonds is 5. The number of amides is 1. The minimum Gasteiger partial charge on any atom is -0.391 e. The maximum atomic E-state index is 12.5. The number of aliphatic hydroxyl groups excluding tert-OH is 1. The van der Waals surface area contributed by atoms with Gasteiger partial charge in [-0.3, -0.25) is 4.79 Å². The van der Waals surface area contributed by atoms with Crippen molar-refractivity contribution in [3.05, 3.63) is 17.8 Å². The van der Waals surface area contributed by atoms with E-state index in [1.54, 1.807) is 17.7 Å². The fourth-order valence-corrected chi connectivity index (χ4v) is 3.58. The molecule has 2 N–H and O–H groups in total. The van der Waals surface area contributed by atoms with Crippen LogP contribution in [0.15, 0.2) is 17.8 Å². The van der Waals surface area contributed by atoms with Crippen LogP contribution in [-0.4, -0.2) is 46.2 Å². The van der Waals surface area contributed by atoms with E-state index in [1.807, 2.05) is 25.3 Å². The first-order chi connectivity index (χ1) is 11.1. The Morgan fingerprint density at radius 2 is 2.35 bits per heavy atom. The molecule has 124 valence electrons. The number of nitrogens with zero attached hydrogens (tertiary/aromatic N) is 3. The van der Waals surface area contributed by atoms with Crippen molar-refractivity contribution in [3.8, 4) is 0 Å². The Morgan fingerprint density at radius 1 is 1.52 bits per heavy atom. The molecule has 6 nitrogen and oxygen atoms in total. The van der Waals surface area contributed by atoms with Crippen molar-refractivity contribution in [2.24, 2.45) is 5.92 Å². The summed E-state index contributed by atoms with van der Waals surface area (Å²) in [6.07, 6.45) is 2.81. The molecule has 1 aliphatic rings. The number of aliphatic hydroxyl groups is 1. The summed E-state index contributed by atoms with van der Waals surface area (Å²) in [7, 11) is 0. The first kappa shape index (κ1) is 16.1. The van der Waals surface area contributed by atoms with Gasteiger partial charge in [-0.25, -0.2) is 9.97 Å². The Labute approximate surface area is 139 Å². The van der Waals surface area contributed by atoms with E-state index < -0.39 is 6.10 Å². The molecule has 2 aromatic heterocycles. The largest absolute Gasteiger partial charge is 0.391 e. The molecular weight excluding hydrogens is 312 g/mol. The van der Waals surface area contributed by atoms with E-state index in [-0.39, 0.29) is 17.9 Å². The molecular formula is C16H22N4O2S. The monoisotopic (exact) mass is 334 g/mol. The number of hydrogen-bond donors (Lipinski definition) is 2. The molecule has 23 heavy (non-hydrogen) atoms. The first-order valence-electron chi connectivity index (χ1n) is 7.98. The van der Waals surface area contributed by atoms with Crippen LogP contribution in [-0.2, 0) is 4.79 Å². The van der Waals surface area contributed by atoms with Gasteiger partial charge in [0.05, 0.1) is 11.5 Å². The van der Waals surface area contributed by atoms with Gasteiger partial charge in [-0.2, -0.15) is 0 Å². The van der Waals surface area contributed by atoms with Crippen LogP contribution in [0.25, 0.3) is 10.2 Å². The number of carbonyl (C=O) groups is 1. The molecule has 1 saturated heterocycles. The Hall–Kier alpha value is -1.73. The molecule has 0 aliphatic carbocycles. The second-order valence-corrected chi connectivity index (χ2v) is 7.14. The third-order valence-corrected chi connectivity index (χ3v) is 5.14. The Kier molecular flexibility index (Phi) is 4.77. The molecule has 0 bridgehead atoms. The summed E-state index contributed by atoms with van der Waals surface area (Å²) in [6, 6.07) is 1.78. The highest BCUT2D eigenvalue weighted by molar-refractivity contribution is 7.16. The van der Waals surface area contributed by atoms with E-state index in [0.29, 0.717) is 6.54 Å². The summed E-state index contributed by atoms with van der Waals surface area (Å²) in [5.41, 5.74) is 0. The van der Waals surface area contributed by atoms with E-state index in [4.69, 9.17) is 0 Å². The Morgan fingerprint density at radius 3 is 3.13 bits per heavy atom. The molecule has 2 aromatic rings. The Balaban J connectivity index is 1.75. The normalized spacial score (nSPS) is 19.5. The van der Waals surface area contributed by atoms with Gasteiger partial charge in [0, 0.05) is 13.1 Å². The fourth-order valence-electron chi connectivity index (χ4n) is 2.86. The topological polar surface area (TPSA) is 78.4 Å². The molecule has 3 rings (SSSR count). The molecule has 1 fully saturated rings. The van der Waals surface area contributed by atoms with E-state index in [9.17, 15) is 9.90 Å². The van der Waals surface area contributed by atoms with Crippen LogP contribution >= 0.6 is 11.3 Å². The van der Waals surface area contributed by atoms with Crippen molar-refractivity contribution < 1.29 is 9.90 Å². The number of fused-ring (bicyclic) bond motifs is 1. The lowest BCUT2D eigenvalue weighted by atomic mass is 10.1. The quantitative estimate of drug-likeness (QED) is 0.872. The zero-order valence-electron chi connectivity index (χ0n) is 13.4. The highest BCUT2D eigenvalue weighted by Crippen LogP contribution is 2.31. The Bertz CT molecular complexity index is 688. The summed E-state index contributed by atoms with van der Waals surface area (Å²) in [5, 5.41) is 15.7. The molecule has 2 atom stereocenters. The van der Waals surface area contributed by atoms with Gasteiger partial charge < -0.3 is 15.3 Å². The van der Waals surface area contributed by atoms with Crippen molar-refractivity contribution >= 4 is 33.3 Å². The van der Waals surface area contributed by atoms with Gasteiger partial charge in [-0.15, -0.1) is 11.3 Å². The minimum atomic E-state index is -0.517. The van der Waals surface area contributed by atoms with Gasteiger partial charge in [0.15, 0.2) is 0 Å². The standard InChI is InChI=1S/C16H22N4O2S/c1-10(2)13(21)8-17-15(22)12-4-3-6-20(12)14-11-5-7-23-16(11)19-9-18-14/h5,7,9-10,12-13,21H,3-4,6,8H2,1-2H3,(H,17,22). The van der Waals surface area contributed by atoms with Crippen molar-refractivity contribution in [1.82, 2.24) is 15.3 Å². The van der Waals surface area contributed by atoms with Crippen LogP contribution < -0.4 is 10.2 Å². The van der Waals surface area contributed by atoms with E-state index in [2.05, 4.69) is 20.2 Å². The average molecular weight is 334 g/mol.